The van der Waals surface area contributed by atoms with Crippen LogP contribution in [0.25, 0.3) is 0 Å². The van der Waals surface area contributed by atoms with E-state index in [1.807, 2.05) is 18.2 Å². The molecule has 1 fully saturated rings. The second kappa shape index (κ2) is 6.83. The molecule has 1 heterocycles. The molecule has 5 heteroatoms. The first-order valence-corrected chi connectivity index (χ1v) is 5.91. The van der Waals surface area contributed by atoms with Gasteiger partial charge >= 0.3 is 0 Å². The lowest BCUT2D eigenvalue weighted by molar-refractivity contribution is 0.315. The van der Waals surface area contributed by atoms with Gasteiger partial charge in [-0.05, 0) is 24.6 Å². The molecule has 2 rings (SSSR count). The van der Waals surface area contributed by atoms with Crippen molar-refractivity contribution in [2.75, 3.05) is 27.3 Å². The Morgan fingerprint density at radius 1 is 1.33 bits per heavy atom. The summed E-state index contributed by atoms with van der Waals surface area (Å²) in [5.41, 5.74) is 7.06. The van der Waals surface area contributed by atoms with Gasteiger partial charge < -0.3 is 15.2 Å². The lowest BCUT2D eigenvalue weighted by Crippen LogP contribution is -2.26. The third-order valence-electron chi connectivity index (χ3n) is 3.19. The van der Waals surface area contributed by atoms with Gasteiger partial charge in [0.25, 0.3) is 0 Å². The quantitative estimate of drug-likeness (QED) is 0.906. The molecule has 1 aliphatic rings. The predicted molar refractivity (Wildman–Crippen MR) is 74.7 cm³/mol. The molecular formula is C13H21ClN2O2. The molecule has 4 nitrogen and oxygen atoms in total. The highest BCUT2D eigenvalue weighted by molar-refractivity contribution is 5.85. The van der Waals surface area contributed by atoms with Crippen molar-refractivity contribution in [2.24, 2.45) is 5.73 Å². The minimum absolute atomic E-state index is 0. The van der Waals surface area contributed by atoms with Gasteiger partial charge in [0.05, 0.1) is 14.2 Å². The number of benzene rings is 1. The minimum Gasteiger partial charge on any atom is -0.497 e. The molecule has 1 aromatic rings. The number of halogens is 1. The SMILES string of the molecule is COc1ccc(OC)c(CN2CCC(N)C2)c1.Cl. The van der Waals surface area contributed by atoms with E-state index in [4.69, 9.17) is 15.2 Å². The molecule has 0 bridgehead atoms. The number of hydrogen-bond acceptors (Lipinski definition) is 4. The molecule has 1 aliphatic heterocycles. The minimum atomic E-state index is 0. The highest BCUT2D eigenvalue weighted by atomic mass is 35.5. The Kier molecular flexibility index (Phi) is 5.72. The van der Waals surface area contributed by atoms with Crippen LogP contribution in [0.2, 0.25) is 0 Å². The van der Waals surface area contributed by atoms with Crippen molar-refractivity contribution in [1.29, 1.82) is 0 Å². The van der Waals surface area contributed by atoms with Gasteiger partial charge in [-0.1, -0.05) is 0 Å². The monoisotopic (exact) mass is 272 g/mol. The van der Waals surface area contributed by atoms with Crippen molar-refractivity contribution in [2.45, 2.75) is 19.0 Å². The van der Waals surface area contributed by atoms with Crippen molar-refractivity contribution in [1.82, 2.24) is 4.90 Å². The average Bonchev–Trinajstić information content (AvgIpc) is 2.74. The molecule has 0 aromatic heterocycles. The van der Waals surface area contributed by atoms with Crippen LogP contribution in [-0.2, 0) is 6.54 Å². The number of likely N-dealkylation sites (tertiary alicyclic amines) is 1. The summed E-state index contributed by atoms with van der Waals surface area (Å²) in [6.07, 6.45) is 1.08. The zero-order valence-electron chi connectivity index (χ0n) is 10.9. The van der Waals surface area contributed by atoms with E-state index >= 15 is 0 Å². The maximum atomic E-state index is 5.91. The van der Waals surface area contributed by atoms with Gasteiger partial charge in [0.2, 0.25) is 0 Å². The van der Waals surface area contributed by atoms with Crippen molar-refractivity contribution in [3.8, 4) is 11.5 Å². The van der Waals surface area contributed by atoms with Gasteiger partial charge in [-0.2, -0.15) is 0 Å². The fourth-order valence-corrected chi connectivity index (χ4v) is 2.25. The van der Waals surface area contributed by atoms with Crippen LogP contribution in [0.3, 0.4) is 0 Å². The zero-order valence-corrected chi connectivity index (χ0v) is 11.7. The summed E-state index contributed by atoms with van der Waals surface area (Å²) in [6.45, 7) is 2.88. The van der Waals surface area contributed by atoms with Gasteiger partial charge in [-0.25, -0.2) is 0 Å². The van der Waals surface area contributed by atoms with E-state index in [-0.39, 0.29) is 12.4 Å². The summed E-state index contributed by atoms with van der Waals surface area (Å²) in [5, 5.41) is 0. The molecular weight excluding hydrogens is 252 g/mol. The smallest absolute Gasteiger partial charge is 0.123 e. The number of hydrogen-bond donors (Lipinski definition) is 1. The van der Waals surface area contributed by atoms with E-state index in [0.29, 0.717) is 6.04 Å². The largest absolute Gasteiger partial charge is 0.497 e. The van der Waals surface area contributed by atoms with Gasteiger partial charge in [0.15, 0.2) is 0 Å². The maximum absolute atomic E-state index is 5.91. The Hall–Kier alpha value is -0.970. The maximum Gasteiger partial charge on any atom is 0.123 e. The summed E-state index contributed by atoms with van der Waals surface area (Å²) < 4.78 is 10.6. The molecule has 0 saturated carbocycles. The second-order valence-electron chi connectivity index (χ2n) is 4.46. The fraction of sp³-hybridized carbons (Fsp3) is 0.538. The van der Waals surface area contributed by atoms with E-state index in [9.17, 15) is 0 Å². The van der Waals surface area contributed by atoms with E-state index in [0.717, 1.165) is 43.1 Å². The van der Waals surface area contributed by atoms with Crippen LogP contribution >= 0.6 is 12.4 Å². The van der Waals surface area contributed by atoms with Crippen LogP contribution in [0.1, 0.15) is 12.0 Å². The first-order chi connectivity index (χ1) is 8.22. The number of methoxy groups -OCH3 is 2. The Balaban J connectivity index is 0.00000162. The third-order valence-corrected chi connectivity index (χ3v) is 3.19. The molecule has 0 radical (unpaired) electrons. The van der Waals surface area contributed by atoms with E-state index in [2.05, 4.69) is 4.90 Å². The normalized spacial score (nSPS) is 19.4. The number of ether oxygens (including phenoxy) is 2. The molecule has 0 amide bonds. The molecule has 0 spiro atoms. The van der Waals surface area contributed by atoms with Gasteiger partial charge in [-0.3, -0.25) is 4.90 Å². The van der Waals surface area contributed by atoms with Crippen LogP contribution in [0, 0.1) is 0 Å². The summed E-state index contributed by atoms with van der Waals surface area (Å²) in [5.74, 6) is 1.77. The average molecular weight is 273 g/mol. The van der Waals surface area contributed by atoms with E-state index in [1.165, 1.54) is 0 Å². The molecule has 1 aromatic carbocycles. The standard InChI is InChI=1S/C13H20N2O2.ClH/c1-16-12-3-4-13(17-2)10(7-12)8-15-6-5-11(14)9-15;/h3-4,7,11H,5-6,8-9,14H2,1-2H3;1H. The molecule has 1 saturated heterocycles. The molecule has 102 valence electrons. The summed E-state index contributed by atoms with van der Waals surface area (Å²) in [6, 6.07) is 6.21. The Labute approximate surface area is 114 Å². The fourth-order valence-electron chi connectivity index (χ4n) is 2.25. The molecule has 1 atom stereocenters. The molecule has 0 aliphatic carbocycles. The second-order valence-corrected chi connectivity index (χ2v) is 4.46. The van der Waals surface area contributed by atoms with Gasteiger partial charge in [0.1, 0.15) is 11.5 Å². The highest BCUT2D eigenvalue weighted by Gasteiger charge is 2.20. The van der Waals surface area contributed by atoms with Crippen molar-refractivity contribution in [3.63, 3.8) is 0 Å². The number of nitrogens with two attached hydrogens (primary N) is 1. The Bertz CT molecular complexity index is 387. The van der Waals surface area contributed by atoms with Gasteiger partial charge in [-0.15, -0.1) is 12.4 Å². The van der Waals surface area contributed by atoms with Gasteiger partial charge in [0, 0.05) is 31.2 Å². The van der Waals surface area contributed by atoms with Crippen LogP contribution in [0.5, 0.6) is 11.5 Å². The Morgan fingerprint density at radius 2 is 2.11 bits per heavy atom. The number of rotatable bonds is 4. The Morgan fingerprint density at radius 3 is 2.67 bits per heavy atom. The predicted octanol–water partition coefficient (Wildman–Crippen LogP) is 1.66. The topological polar surface area (TPSA) is 47.7 Å². The van der Waals surface area contributed by atoms with Crippen LogP contribution in [-0.4, -0.2) is 38.3 Å². The van der Waals surface area contributed by atoms with E-state index in [1.54, 1.807) is 14.2 Å². The van der Waals surface area contributed by atoms with Crippen molar-refractivity contribution >= 4 is 12.4 Å². The summed E-state index contributed by atoms with van der Waals surface area (Å²) in [4.78, 5) is 2.35. The lowest BCUT2D eigenvalue weighted by Gasteiger charge is -2.17. The van der Waals surface area contributed by atoms with Crippen molar-refractivity contribution < 1.29 is 9.47 Å². The first kappa shape index (κ1) is 15.1. The van der Waals surface area contributed by atoms with Crippen LogP contribution < -0.4 is 15.2 Å². The molecule has 18 heavy (non-hydrogen) atoms. The third kappa shape index (κ3) is 3.51. The van der Waals surface area contributed by atoms with Crippen molar-refractivity contribution in [3.05, 3.63) is 23.8 Å². The van der Waals surface area contributed by atoms with E-state index < -0.39 is 0 Å². The lowest BCUT2D eigenvalue weighted by atomic mass is 10.1. The summed E-state index contributed by atoms with van der Waals surface area (Å²) in [7, 11) is 3.37. The first-order valence-electron chi connectivity index (χ1n) is 5.91. The number of nitrogens with zero attached hydrogens (tertiary/aromatic N) is 1. The summed E-state index contributed by atoms with van der Waals surface area (Å²) >= 11 is 0. The molecule has 2 N–H and O–H groups in total. The van der Waals surface area contributed by atoms with Crippen LogP contribution in [0.4, 0.5) is 0 Å². The van der Waals surface area contributed by atoms with Crippen LogP contribution in [0.15, 0.2) is 18.2 Å². The zero-order chi connectivity index (χ0) is 12.3. The highest BCUT2D eigenvalue weighted by Crippen LogP contribution is 2.26. The molecule has 1 unspecified atom stereocenters.